The Bertz CT molecular complexity index is 987. The molecule has 0 amide bonds. The third-order valence-corrected chi connectivity index (χ3v) is 3.84. The molecule has 1 aromatic heterocycles. The summed E-state index contributed by atoms with van der Waals surface area (Å²) in [7, 11) is 0. The van der Waals surface area contributed by atoms with Crippen LogP contribution in [0.2, 0.25) is 5.02 Å². The maximum absolute atomic E-state index is 11.2. The molecule has 0 unspecified atom stereocenters. The number of nitrogens with one attached hydrogen (secondary N) is 2. The molecule has 0 fully saturated rings. The molecule has 0 bridgehead atoms. The van der Waals surface area contributed by atoms with Crippen LogP contribution in [-0.2, 0) is 6.61 Å². The van der Waals surface area contributed by atoms with Crippen molar-refractivity contribution in [2.75, 3.05) is 5.43 Å². The molecule has 0 atom stereocenters. The normalized spacial score (nSPS) is 10.8. The van der Waals surface area contributed by atoms with Crippen molar-refractivity contribution in [3.8, 4) is 5.75 Å². The maximum atomic E-state index is 11.2. The molecule has 0 aliphatic rings. The Kier molecular flexibility index (Phi) is 5.60. The van der Waals surface area contributed by atoms with Gasteiger partial charge in [-0.05, 0) is 30.7 Å². The van der Waals surface area contributed by atoms with Crippen LogP contribution in [0, 0.1) is 6.92 Å². The Balaban J connectivity index is 1.64. The summed E-state index contributed by atoms with van der Waals surface area (Å²) in [4.78, 5) is 14.9. The summed E-state index contributed by atoms with van der Waals surface area (Å²) in [5.41, 5.74) is 4.45. The Morgan fingerprint density at radius 3 is 2.96 bits per heavy atom. The van der Waals surface area contributed by atoms with Crippen molar-refractivity contribution in [3.05, 3.63) is 80.9 Å². The summed E-state index contributed by atoms with van der Waals surface area (Å²) >= 11 is 6.13. The number of ether oxygens (including phenoxy) is 1. The van der Waals surface area contributed by atoms with Gasteiger partial charge in [-0.25, -0.2) is 9.89 Å². The first-order valence-corrected chi connectivity index (χ1v) is 8.18. The third-order valence-electron chi connectivity index (χ3n) is 3.47. The lowest BCUT2D eigenvalue weighted by Gasteiger charge is -2.08. The molecule has 8 heteroatoms. The van der Waals surface area contributed by atoms with E-state index >= 15 is 0 Å². The second-order valence-corrected chi connectivity index (χ2v) is 5.80. The Labute approximate surface area is 154 Å². The highest BCUT2D eigenvalue weighted by molar-refractivity contribution is 6.31. The first kappa shape index (κ1) is 17.6. The van der Waals surface area contributed by atoms with Gasteiger partial charge in [-0.1, -0.05) is 41.9 Å². The first-order valence-electron chi connectivity index (χ1n) is 7.80. The zero-order valence-electron chi connectivity index (χ0n) is 13.9. The Morgan fingerprint density at radius 1 is 1.27 bits per heavy atom. The molecule has 1 heterocycles. The van der Waals surface area contributed by atoms with Crippen molar-refractivity contribution in [1.82, 2.24) is 15.2 Å². The number of nitrogens with zero attached hydrogens (tertiary/aromatic N) is 3. The molecule has 2 N–H and O–H groups in total. The van der Waals surface area contributed by atoms with Gasteiger partial charge >= 0.3 is 5.69 Å². The molecule has 0 saturated heterocycles. The zero-order chi connectivity index (χ0) is 18.4. The number of halogens is 1. The van der Waals surface area contributed by atoms with E-state index < -0.39 is 5.69 Å². The minimum Gasteiger partial charge on any atom is -0.489 e. The fraction of sp³-hybridized carbons (Fsp3) is 0.111. The lowest BCUT2D eigenvalue weighted by molar-refractivity contribution is 0.306. The van der Waals surface area contributed by atoms with E-state index in [9.17, 15) is 4.79 Å². The van der Waals surface area contributed by atoms with Crippen molar-refractivity contribution in [2.24, 2.45) is 5.10 Å². The Morgan fingerprint density at radius 2 is 2.12 bits per heavy atom. The van der Waals surface area contributed by atoms with Crippen molar-refractivity contribution < 1.29 is 4.74 Å². The summed E-state index contributed by atoms with van der Waals surface area (Å²) in [6.07, 6.45) is 1.60. The quantitative estimate of drug-likeness (QED) is 0.514. The number of hydrazone groups is 1. The number of hydrogen-bond donors (Lipinski definition) is 2. The van der Waals surface area contributed by atoms with Gasteiger partial charge in [0.2, 0.25) is 0 Å². The predicted molar refractivity (Wildman–Crippen MR) is 101 cm³/mol. The van der Waals surface area contributed by atoms with Gasteiger partial charge in [-0.2, -0.15) is 15.2 Å². The van der Waals surface area contributed by atoms with Gasteiger partial charge in [-0.3, -0.25) is 5.43 Å². The van der Waals surface area contributed by atoms with Gasteiger partial charge in [0.25, 0.3) is 0 Å². The number of rotatable bonds is 6. The van der Waals surface area contributed by atoms with E-state index in [1.807, 2.05) is 48.5 Å². The predicted octanol–water partition coefficient (Wildman–Crippen LogP) is 3.15. The third kappa shape index (κ3) is 4.67. The second-order valence-electron chi connectivity index (χ2n) is 5.40. The minimum atomic E-state index is -0.539. The van der Waals surface area contributed by atoms with E-state index in [4.69, 9.17) is 16.3 Å². The van der Waals surface area contributed by atoms with Crippen molar-refractivity contribution >= 4 is 23.6 Å². The van der Waals surface area contributed by atoms with Crippen LogP contribution in [0.15, 0.2) is 58.4 Å². The van der Waals surface area contributed by atoms with Crippen molar-refractivity contribution in [2.45, 2.75) is 13.5 Å². The van der Waals surface area contributed by atoms with Gasteiger partial charge in [0, 0.05) is 10.6 Å². The molecule has 0 saturated carbocycles. The molecule has 0 aliphatic carbocycles. The van der Waals surface area contributed by atoms with Crippen LogP contribution in [0.1, 0.15) is 16.8 Å². The van der Waals surface area contributed by atoms with Gasteiger partial charge in [0.05, 0.1) is 6.21 Å². The number of H-pyrrole nitrogens is 1. The molecule has 3 rings (SSSR count). The SMILES string of the molecule is Cc1n[nH]c(=O)nc1NN=Cc1cccc(OCc2ccccc2Cl)c1. The average Bonchev–Trinajstić information content (AvgIpc) is 2.64. The molecule has 0 spiro atoms. The highest BCUT2D eigenvalue weighted by Crippen LogP contribution is 2.19. The van der Waals surface area contributed by atoms with E-state index in [2.05, 4.69) is 25.7 Å². The van der Waals surface area contributed by atoms with Crippen LogP contribution in [-0.4, -0.2) is 21.4 Å². The van der Waals surface area contributed by atoms with Crippen LogP contribution in [0.3, 0.4) is 0 Å². The summed E-state index contributed by atoms with van der Waals surface area (Å²) in [6, 6.07) is 15.0. The molecule has 7 nitrogen and oxygen atoms in total. The first-order chi connectivity index (χ1) is 12.6. The summed E-state index contributed by atoms with van der Waals surface area (Å²) in [5.74, 6) is 0.997. The zero-order valence-corrected chi connectivity index (χ0v) is 14.7. The molecule has 26 heavy (non-hydrogen) atoms. The van der Waals surface area contributed by atoms with Crippen LogP contribution in [0.4, 0.5) is 5.82 Å². The maximum Gasteiger partial charge on any atom is 0.363 e. The van der Waals surface area contributed by atoms with Crippen LogP contribution >= 0.6 is 11.6 Å². The molecule has 2 aromatic carbocycles. The summed E-state index contributed by atoms with van der Waals surface area (Å²) in [5, 5.41) is 10.8. The number of aryl methyl sites for hydroxylation is 1. The van der Waals surface area contributed by atoms with E-state index in [0.717, 1.165) is 11.1 Å². The van der Waals surface area contributed by atoms with E-state index in [1.165, 1.54) is 0 Å². The summed E-state index contributed by atoms with van der Waals surface area (Å²) in [6.45, 7) is 2.09. The van der Waals surface area contributed by atoms with Crippen LogP contribution in [0.25, 0.3) is 0 Å². The lowest BCUT2D eigenvalue weighted by Crippen LogP contribution is -2.15. The lowest BCUT2D eigenvalue weighted by atomic mass is 10.2. The fourth-order valence-electron chi connectivity index (χ4n) is 2.13. The average molecular weight is 370 g/mol. The largest absolute Gasteiger partial charge is 0.489 e. The number of benzene rings is 2. The molecule has 0 aliphatic heterocycles. The molecule has 0 radical (unpaired) electrons. The van der Waals surface area contributed by atoms with Crippen molar-refractivity contribution in [1.29, 1.82) is 0 Å². The van der Waals surface area contributed by atoms with Gasteiger partial charge in [0.15, 0.2) is 5.82 Å². The Hall–Kier alpha value is -3.19. The number of hydrogen-bond acceptors (Lipinski definition) is 6. The molecular formula is C18H16ClN5O2. The monoisotopic (exact) mass is 369 g/mol. The smallest absolute Gasteiger partial charge is 0.363 e. The topological polar surface area (TPSA) is 92.3 Å². The van der Waals surface area contributed by atoms with Gasteiger partial charge < -0.3 is 4.74 Å². The van der Waals surface area contributed by atoms with E-state index in [0.29, 0.717) is 28.9 Å². The number of aromatic nitrogens is 3. The van der Waals surface area contributed by atoms with Gasteiger partial charge in [0.1, 0.15) is 18.1 Å². The van der Waals surface area contributed by atoms with Crippen LogP contribution < -0.4 is 15.9 Å². The summed E-state index contributed by atoms with van der Waals surface area (Å²) < 4.78 is 5.78. The molecular weight excluding hydrogens is 354 g/mol. The van der Waals surface area contributed by atoms with Crippen LogP contribution in [0.5, 0.6) is 5.75 Å². The van der Waals surface area contributed by atoms with E-state index in [1.54, 1.807) is 13.1 Å². The highest BCUT2D eigenvalue weighted by atomic mass is 35.5. The van der Waals surface area contributed by atoms with Gasteiger partial charge in [-0.15, -0.1) is 0 Å². The standard InChI is InChI=1S/C18H16ClN5O2/c1-12-17(21-18(25)24-22-12)23-20-10-13-5-4-7-15(9-13)26-11-14-6-2-3-8-16(14)19/h2-10H,11H2,1H3,(H2,21,23,24,25). The number of aromatic amines is 1. The minimum absolute atomic E-state index is 0.302. The number of anilines is 1. The molecule has 3 aromatic rings. The van der Waals surface area contributed by atoms with E-state index in [-0.39, 0.29) is 0 Å². The highest BCUT2D eigenvalue weighted by Gasteiger charge is 2.02. The molecule has 132 valence electrons. The second kappa shape index (κ2) is 8.26. The van der Waals surface area contributed by atoms with Crippen molar-refractivity contribution in [3.63, 3.8) is 0 Å². The fourth-order valence-corrected chi connectivity index (χ4v) is 2.32.